The Hall–Kier alpha value is -3.03. The lowest BCUT2D eigenvalue weighted by molar-refractivity contribution is 0.108. The highest BCUT2D eigenvalue weighted by molar-refractivity contribution is 5.68. The van der Waals surface area contributed by atoms with Crippen LogP contribution in [0, 0.1) is 0 Å². The molecule has 1 aliphatic rings. The number of rotatable bonds is 9. The van der Waals surface area contributed by atoms with Gasteiger partial charge in [-0.1, -0.05) is 31.4 Å². The van der Waals surface area contributed by atoms with Gasteiger partial charge in [0.1, 0.15) is 24.3 Å². The molecule has 0 amide bonds. The van der Waals surface area contributed by atoms with Crippen molar-refractivity contribution in [2.45, 2.75) is 44.2 Å². The second kappa shape index (κ2) is 11.2. The largest absolute Gasteiger partial charge is 0.491 e. The smallest absolute Gasteiger partial charge is 0.162 e. The fourth-order valence-corrected chi connectivity index (χ4v) is 4.28. The quantitative estimate of drug-likeness (QED) is 0.514. The molecule has 7 nitrogen and oxygen atoms in total. The summed E-state index contributed by atoms with van der Waals surface area (Å²) in [5.41, 5.74) is 2.73. The fourth-order valence-electron chi connectivity index (χ4n) is 4.28. The molecule has 0 aliphatic heterocycles. The summed E-state index contributed by atoms with van der Waals surface area (Å²) in [4.78, 5) is 16.3. The minimum atomic E-state index is -0.563. The van der Waals surface area contributed by atoms with E-state index in [2.05, 4.69) is 28.3 Å². The van der Waals surface area contributed by atoms with E-state index in [0.29, 0.717) is 24.2 Å². The Bertz CT molecular complexity index is 1020. The summed E-state index contributed by atoms with van der Waals surface area (Å²) in [7, 11) is 3.95. The van der Waals surface area contributed by atoms with Crippen LogP contribution in [0.1, 0.15) is 32.1 Å². The molecule has 2 aromatic heterocycles. The van der Waals surface area contributed by atoms with E-state index in [1.807, 2.05) is 36.4 Å². The number of aromatic nitrogens is 3. The van der Waals surface area contributed by atoms with E-state index in [9.17, 15) is 5.11 Å². The van der Waals surface area contributed by atoms with Crippen LogP contribution in [0.4, 0.5) is 5.82 Å². The molecule has 0 saturated heterocycles. The van der Waals surface area contributed by atoms with Crippen LogP contribution in [0.2, 0.25) is 0 Å². The Morgan fingerprint density at radius 2 is 1.85 bits per heavy atom. The molecule has 7 heteroatoms. The Kier molecular flexibility index (Phi) is 7.86. The van der Waals surface area contributed by atoms with Crippen LogP contribution in [0.5, 0.6) is 5.75 Å². The normalized spacial score (nSPS) is 15.2. The van der Waals surface area contributed by atoms with Gasteiger partial charge in [0, 0.05) is 49.2 Å². The van der Waals surface area contributed by atoms with Gasteiger partial charge in [-0.05, 0) is 44.2 Å². The summed E-state index contributed by atoms with van der Waals surface area (Å²) in [5, 5.41) is 12.9. The van der Waals surface area contributed by atoms with Gasteiger partial charge in [0.15, 0.2) is 5.82 Å². The highest BCUT2D eigenvalue weighted by atomic mass is 16.5. The fraction of sp³-hybridized carbons (Fsp3) is 0.423. The summed E-state index contributed by atoms with van der Waals surface area (Å²) >= 11 is 0. The Morgan fingerprint density at radius 1 is 1.06 bits per heavy atom. The molecule has 1 saturated carbocycles. The van der Waals surface area contributed by atoms with Crippen LogP contribution in [0.15, 0.2) is 54.9 Å². The lowest BCUT2D eigenvalue weighted by Crippen LogP contribution is -2.34. The van der Waals surface area contributed by atoms with Crippen molar-refractivity contribution in [2.24, 2.45) is 0 Å². The zero-order chi connectivity index (χ0) is 23.0. The number of hydrogen-bond acceptors (Lipinski definition) is 7. The number of pyridine rings is 1. The third-order valence-corrected chi connectivity index (χ3v) is 6.15. The molecule has 174 valence electrons. The van der Waals surface area contributed by atoms with Crippen molar-refractivity contribution in [1.82, 2.24) is 20.3 Å². The van der Waals surface area contributed by atoms with E-state index in [1.165, 1.54) is 32.1 Å². The van der Waals surface area contributed by atoms with E-state index in [0.717, 1.165) is 22.6 Å². The van der Waals surface area contributed by atoms with Gasteiger partial charge in [-0.15, -0.1) is 0 Å². The predicted octanol–water partition coefficient (Wildman–Crippen LogP) is 3.93. The molecule has 2 N–H and O–H groups in total. The molecule has 1 aromatic carbocycles. The van der Waals surface area contributed by atoms with Crippen LogP contribution in [0.25, 0.3) is 22.6 Å². The summed E-state index contributed by atoms with van der Waals surface area (Å²) in [5.74, 6) is 2.31. The summed E-state index contributed by atoms with van der Waals surface area (Å²) in [6, 6.07) is 14.3. The van der Waals surface area contributed by atoms with Crippen molar-refractivity contribution in [1.29, 1.82) is 0 Å². The maximum absolute atomic E-state index is 9.96. The van der Waals surface area contributed by atoms with Crippen molar-refractivity contribution in [2.75, 3.05) is 32.1 Å². The average molecular weight is 448 g/mol. The number of nitrogens with one attached hydrogen (secondary N) is 1. The van der Waals surface area contributed by atoms with Gasteiger partial charge in [-0.3, -0.25) is 4.98 Å². The standard InChI is InChI=1S/C26H33N5O2/c1-27-17-22(32)18-33-23-10-6-7-20(15-23)24-16-25(31(2)21-8-4-3-5-9-21)30-26(29-24)19-11-13-28-14-12-19/h6-7,10-16,21-22,27,32H,3-5,8-9,17-18H2,1-2H3. The van der Waals surface area contributed by atoms with Crippen LogP contribution in [-0.4, -0.2) is 59.5 Å². The van der Waals surface area contributed by atoms with E-state index in [1.54, 1.807) is 19.4 Å². The SMILES string of the molecule is CNCC(O)COc1cccc(-c2cc(N(C)C3CCCCC3)nc(-c3ccncc3)n2)c1. The first-order valence-corrected chi connectivity index (χ1v) is 11.7. The molecule has 3 aromatic rings. The molecule has 1 fully saturated rings. The number of ether oxygens (including phenoxy) is 1. The van der Waals surface area contributed by atoms with Gasteiger partial charge in [-0.25, -0.2) is 9.97 Å². The number of hydrogen-bond donors (Lipinski definition) is 2. The lowest BCUT2D eigenvalue weighted by atomic mass is 9.94. The lowest BCUT2D eigenvalue weighted by Gasteiger charge is -2.32. The predicted molar refractivity (Wildman–Crippen MR) is 131 cm³/mol. The first kappa shape index (κ1) is 23.1. The number of benzene rings is 1. The number of likely N-dealkylation sites (N-methyl/N-ethyl adjacent to an activating group) is 1. The third-order valence-electron chi connectivity index (χ3n) is 6.15. The van der Waals surface area contributed by atoms with E-state index < -0.39 is 6.10 Å². The molecular formula is C26H33N5O2. The van der Waals surface area contributed by atoms with Gasteiger partial charge < -0.3 is 20.1 Å². The summed E-state index contributed by atoms with van der Waals surface area (Å²) < 4.78 is 5.82. The number of anilines is 1. The monoisotopic (exact) mass is 447 g/mol. The van der Waals surface area contributed by atoms with E-state index in [4.69, 9.17) is 14.7 Å². The zero-order valence-corrected chi connectivity index (χ0v) is 19.4. The minimum absolute atomic E-state index is 0.228. The Balaban J connectivity index is 1.66. The van der Waals surface area contributed by atoms with Crippen molar-refractivity contribution >= 4 is 5.82 Å². The van der Waals surface area contributed by atoms with Crippen LogP contribution < -0.4 is 15.0 Å². The zero-order valence-electron chi connectivity index (χ0n) is 19.4. The molecule has 0 spiro atoms. The molecule has 2 heterocycles. The molecule has 1 atom stereocenters. The Labute approximate surface area is 195 Å². The highest BCUT2D eigenvalue weighted by Crippen LogP contribution is 2.31. The maximum atomic E-state index is 9.96. The van der Waals surface area contributed by atoms with Gasteiger partial charge in [0.05, 0.1) is 5.69 Å². The maximum Gasteiger partial charge on any atom is 0.162 e. The number of nitrogens with zero attached hydrogens (tertiary/aromatic N) is 4. The van der Waals surface area contributed by atoms with Crippen molar-refractivity contribution in [3.05, 3.63) is 54.9 Å². The minimum Gasteiger partial charge on any atom is -0.491 e. The van der Waals surface area contributed by atoms with E-state index in [-0.39, 0.29) is 6.61 Å². The first-order valence-electron chi connectivity index (χ1n) is 11.7. The van der Waals surface area contributed by atoms with Crippen molar-refractivity contribution in [3.63, 3.8) is 0 Å². The molecule has 1 aliphatic carbocycles. The van der Waals surface area contributed by atoms with Crippen LogP contribution >= 0.6 is 0 Å². The van der Waals surface area contributed by atoms with E-state index >= 15 is 0 Å². The molecule has 0 bridgehead atoms. The molecular weight excluding hydrogens is 414 g/mol. The average Bonchev–Trinajstić information content (AvgIpc) is 2.88. The van der Waals surface area contributed by atoms with Crippen LogP contribution in [0.3, 0.4) is 0 Å². The Morgan fingerprint density at radius 3 is 2.61 bits per heavy atom. The molecule has 33 heavy (non-hydrogen) atoms. The topological polar surface area (TPSA) is 83.4 Å². The number of aliphatic hydroxyl groups excluding tert-OH is 1. The second-order valence-electron chi connectivity index (χ2n) is 8.62. The van der Waals surface area contributed by atoms with Gasteiger partial charge in [0.2, 0.25) is 0 Å². The molecule has 4 rings (SSSR count). The van der Waals surface area contributed by atoms with Crippen LogP contribution in [-0.2, 0) is 0 Å². The van der Waals surface area contributed by atoms with Gasteiger partial charge in [-0.2, -0.15) is 0 Å². The molecule has 1 unspecified atom stereocenters. The summed E-state index contributed by atoms with van der Waals surface area (Å²) in [6.07, 6.45) is 9.20. The van der Waals surface area contributed by atoms with Crippen molar-refractivity contribution < 1.29 is 9.84 Å². The molecule has 0 radical (unpaired) electrons. The first-order chi connectivity index (χ1) is 16.1. The van der Waals surface area contributed by atoms with Gasteiger partial charge in [0.25, 0.3) is 0 Å². The highest BCUT2D eigenvalue weighted by Gasteiger charge is 2.21. The second-order valence-corrected chi connectivity index (χ2v) is 8.62. The number of aliphatic hydroxyl groups is 1. The summed E-state index contributed by atoms with van der Waals surface area (Å²) in [6.45, 7) is 0.712. The van der Waals surface area contributed by atoms with Crippen molar-refractivity contribution in [3.8, 4) is 28.4 Å². The van der Waals surface area contributed by atoms with Gasteiger partial charge >= 0.3 is 0 Å². The third kappa shape index (κ3) is 6.06.